The maximum absolute atomic E-state index is 12.4. The van der Waals surface area contributed by atoms with Crippen molar-refractivity contribution < 1.29 is 9.53 Å². The highest BCUT2D eigenvalue weighted by Crippen LogP contribution is 2.25. The predicted molar refractivity (Wildman–Crippen MR) is 126 cm³/mol. The zero-order chi connectivity index (χ0) is 21.6. The fourth-order valence-corrected chi connectivity index (χ4v) is 4.51. The molecule has 0 aliphatic heterocycles. The van der Waals surface area contributed by atoms with Gasteiger partial charge in [-0.05, 0) is 56.0 Å². The van der Waals surface area contributed by atoms with Crippen molar-refractivity contribution >= 4 is 22.2 Å². The summed E-state index contributed by atoms with van der Waals surface area (Å²) in [6.45, 7) is 2.07. The Bertz CT molecular complexity index is 1130. The summed E-state index contributed by atoms with van der Waals surface area (Å²) in [4.78, 5) is 18.1. The molecule has 0 radical (unpaired) electrons. The Morgan fingerprint density at radius 1 is 1.13 bits per heavy atom. The van der Waals surface area contributed by atoms with Gasteiger partial charge in [0.25, 0.3) is 0 Å². The summed E-state index contributed by atoms with van der Waals surface area (Å²) in [5.41, 5.74) is 4.39. The van der Waals surface area contributed by atoms with Gasteiger partial charge in [-0.1, -0.05) is 30.3 Å². The van der Waals surface area contributed by atoms with Crippen LogP contribution in [0.25, 0.3) is 16.2 Å². The van der Waals surface area contributed by atoms with Gasteiger partial charge in [-0.3, -0.25) is 9.20 Å². The molecule has 1 unspecified atom stereocenters. The number of benzene rings is 2. The molecule has 31 heavy (non-hydrogen) atoms. The normalized spacial score (nSPS) is 12.1. The molecule has 0 saturated carbocycles. The molecule has 2 aromatic carbocycles. The molecular formula is C25H27N3O2S. The molecule has 4 rings (SSSR count). The van der Waals surface area contributed by atoms with Gasteiger partial charge in [-0.15, -0.1) is 11.3 Å². The molecule has 0 saturated heterocycles. The number of nitrogens with one attached hydrogen (secondary N) is 1. The first kappa shape index (κ1) is 21.1. The fourth-order valence-electron chi connectivity index (χ4n) is 3.60. The van der Waals surface area contributed by atoms with Crippen LogP contribution >= 0.6 is 11.3 Å². The van der Waals surface area contributed by atoms with E-state index >= 15 is 0 Å². The van der Waals surface area contributed by atoms with Gasteiger partial charge in [0.15, 0.2) is 4.96 Å². The SMILES string of the molecule is COc1ccc(-c2cn3c(CCC(=O)NC(C)CCc4ccccc4)csc3n2)cc1. The van der Waals surface area contributed by atoms with Crippen molar-refractivity contribution in [2.75, 3.05) is 7.11 Å². The number of methoxy groups -OCH3 is 1. The third-order valence-electron chi connectivity index (χ3n) is 5.39. The molecule has 160 valence electrons. The van der Waals surface area contributed by atoms with Crippen LogP contribution in [0.1, 0.15) is 31.0 Å². The predicted octanol–water partition coefficient (Wildman–Crippen LogP) is 5.14. The number of amides is 1. The lowest BCUT2D eigenvalue weighted by molar-refractivity contribution is -0.121. The van der Waals surface area contributed by atoms with E-state index in [1.54, 1.807) is 18.4 Å². The second kappa shape index (κ2) is 9.79. The summed E-state index contributed by atoms with van der Waals surface area (Å²) in [7, 11) is 1.66. The minimum atomic E-state index is 0.0930. The molecular weight excluding hydrogens is 406 g/mol. The van der Waals surface area contributed by atoms with Gasteiger partial charge in [0.05, 0.1) is 12.8 Å². The molecule has 5 nitrogen and oxygen atoms in total. The first-order valence-corrected chi connectivity index (χ1v) is 11.4. The highest BCUT2D eigenvalue weighted by atomic mass is 32.1. The molecule has 1 N–H and O–H groups in total. The second-order valence-electron chi connectivity index (χ2n) is 7.73. The molecule has 6 heteroatoms. The van der Waals surface area contributed by atoms with E-state index < -0.39 is 0 Å². The van der Waals surface area contributed by atoms with Crippen molar-refractivity contribution in [1.29, 1.82) is 0 Å². The van der Waals surface area contributed by atoms with Crippen LogP contribution in [0.5, 0.6) is 5.75 Å². The van der Waals surface area contributed by atoms with Crippen LogP contribution in [0.2, 0.25) is 0 Å². The topological polar surface area (TPSA) is 55.6 Å². The smallest absolute Gasteiger partial charge is 0.220 e. The monoisotopic (exact) mass is 433 g/mol. The third-order valence-corrected chi connectivity index (χ3v) is 6.28. The van der Waals surface area contributed by atoms with E-state index in [1.165, 1.54) is 5.56 Å². The van der Waals surface area contributed by atoms with Crippen LogP contribution in [0.4, 0.5) is 0 Å². The number of imidazole rings is 1. The number of carbonyl (C=O) groups is 1. The maximum atomic E-state index is 12.4. The standard InChI is InChI=1S/C25H27N3O2S/c1-18(8-9-19-6-4-3-5-7-19)26-24(29)15-12-21-17-31-25-27-23(16-28(21)25)20-10-13-22(30-2)14-11-20/h3-7,10-11,13-14,16-18H,8-9,12,15H2,1-2H3,(H,26,29). The Kier molecular flexibility index (Phi) is 6.67. The number of rotatable bonds is 9. The number of thiazole rings is 1. The highest BCUT2D eigenvalue weighted by molar-refractivity contribution is 7.15. The minimum Gasteiger partial charge on any atom is -0.497 e. The zero-order valence-electron chi connectivity index (χ0n) is 17.9. The summed E-state index contributed by atoms with van der Waals surface area (Å²) in [6.07, 6.45) is 5.11. The average molecular weight is 434 g/mol. The quantitative estimate of drug-likeness (QED) is 0.398. The van der Waals surface area contributed by atoms with E-state index in [9.17, 15) is 4.79 Å². The molecule has 2 heterocycles. The average Bonchev–Trinajstić information content (AvgIpc) is 3.38. The van der Waals surface area contributed by atoms with Crippen LogP contribution in [0.15, 0.2) is 66.2 Å². The number of ether oxygens (including phenoxy) is 1. The van der Waals surface area contributed by atoms with Gasteiger partial charge in [0, 0.05) is 35.3 Å². The van der Waals surface area contributed by atoms with E-state index in [4.69, 9.17) is 9.72 Å². The van der Waals surface area contributed by atoms with Crippen molar-refractivity contribution in [1.82, 2.24) is 14.7 Å². The number of aromatic nitrogens is 2. The van der Waals surface area contributed by atoms with Gasteiger partial charge in [0.2, 0.25) is 5.91 Å². The summed E-state index contributed by atoms with van der Waals surface area (Å²) >= 11 is 1.60. The van der Waals surface area contributed by atoms with Crippen LogP contribution in [-0.4, -0.2) is 28.4 Å². The number of aryl methyl sites for hydroxylation is 2. The Morgan fingerprint density at radius 2 is 1.90 bits per heavy atom. The number of fused-ring (bicyclic) bond motifs is 1. The first-order valence-electron chi connectivity index (χ1n) is 10.6. The number of nitrogens with zero attached hydrogens (tertiary/aromatic N) is 2. The van der Waals surface area contributed by atoms with Crippen LogP contribution in [0.3, 0.4) is 0 Å². The molecule has 1 atom stereocenters. The van der Waals surface area contributed by atoms with E-state index in [2.05, 4.69) is 46.3 Å². The van der Waals surface area contributed by atoms with Crippen molar-refractivity contribution in [3.8, 4) is 17.0 Å². The van der Waals surface area contributed by atoms with Gasteiger partial charge < -0.3 is 10.1 Å². The van der Waals surface area contributed by atoms with Gasteiger partial charge >= 0.3 is 0 Å². The molecule has 1 amide bonds. The third kappa shape index (κ3) is 5.33. The minimum absolute atomic E-state index is 0.0930. The second-order valence-corrected chi connectivity index (χ2v) is 8.56. The molecule has 0 aliphatic carbocycles. The fraction of sp³-hybridized carbons (Fsp3) is 0.280. The molecule has 2 aromatic heterocycles. The molecule has 0 spiro atoms. The zero-order valence-corrected chi connectivity index (χ0v) is 18.7. The van der Waals surface area contributed by atoms with E-state index in [0.717, 1.165) is 40.5 Å². The lowest BCUT2D eigenvalue weighted by Crippen LogP contribution is -2.33. The van der Waals surface area contributed by atoms with E-state index in [-0.39, 0.29) is 11.9 Å². The van der Waals surface area contributed by atoms with Crippen LogP contribution < -0.4 is 10.1 Å². The summed E-state index contributed by atoms with van der Waals surface area (Å²) in [5.74, 6) is 0.921. The van der Waals surface area contributed by atoms with E-state index in [0.29, 0.717) is 12.8 Å². The molecule has 0 fully saturated rings. The van der Waals surface area contributed by atoms with Gasteiger partial charge in [0.1, 0.15) is 5.75 Å². The van der Waals surface area contributed by atoms with Gasteiger partial charge in [-0.25, -0.2) is 4.98 Å². The number of hydrogen-bond acceptors (Lipinski definition) is 4. The number of carbonyl (C=O) groups excluding carboxylic acids is 1. The van der Waals surface area contributed by atoms with Crippen molar-refractivity contribution in [3.63, 3.8) is 0 Å². The summed E-state index contributed by atoms with van der Waals surface area (Å²) in [6, 6.07) is 18.4. The highest BCUT2D eigenvalue weighted by Gasteiger charge is 2.13. The van der Waals surface area contributed by atoms with Crippen LogP contribution in [0, 0.1) is 0 Å². The Balaban J connectivity index is 1.32. The van der Waals surface area contributed by atoms with Crippen molar-refractivity contribution in [2.24, 2.45) is 0 Å². The maximum Gasteiger partial charge on any atom is 0.220 e. The molecule has 0 bridgehead atoms. The summed E-state index contributed by atoms with van der Waals surface area (Å²) in [5, 5.41) is 5.22. The van der Waals surface area contributed by atoms with Gasteiger partial charge in [-0.2, -0.15) is 0 Å². The largest absolute Gasteiger partial charge is 0.497 e. The number of hydrogen-bond donors (Lipinski definition) is 1. The Hall–Kier alpha value is -3.12. The van der Waals surface area contributed by atoms with E-state index in [1.807, 2.05) is 36.5 Å². The Morgan fingerprint density at radius 3 is 2.65 bits per heavy atom. The lowest BCUT2D eigenvalue weighted by atomic mass is 10.1. The van der Waals surface area contributed by atoms with Crippen molar-refractivity contribution in [2.45, 2.75) is 38.6 Å². The molecule has 4 aromatic rings. The Labute approximate surface area is 186 Å². The summed E-state index contributed by atoms with van der Waals surface area (Å²) < 4.78 is 7.32. The lowest BCUT2D eigenvalue weighted by Gasteiger charge is -2.13. The first-order chi connectivity index (χ1) is 15.1. The van der Waals surface area contributed by atoms with Crippen LogP contribution in [-0.2, 0) is 17.6 Å². The van der Waals surface area contributed by atoms with Crippen molar-refractivity contribution in [3.05, 3.63) is 77.4 Å². The molecule has 0 aliphatic rings.